The SMILES string of the molecule is CC(=[OH+])C1CCNN1C. The third kappa shape index (κ3) is 1.28. The fourth-order valence-electron chi connectivity index (χ4n) is 1.17. The molecule has 1 aliphatic heterocycles. The molecule has 0 radical (unpaired) electrons. The summed E-state index contributed by atoms with van der Waals surface area (Å²) >= 11 is 0. The van der Waals surface area contributed by atoms with Gasteiger partial charge in [-0.2, -0.15) is 0 Å². The predicted octanol–water partition coefficient (Wildman–Crippen LogP) is -0.240. The molecule has 1 unspecified atom stereocenters. The molecule has 0 spiro atoms. The molecule has 0 bridgehead atoms. The lowest BCUT2D eigenvalue weighted by Gasteiger charge is -2.11. The molecule has 1 atom stereocenters. The van der Waals surface area contributed by atoms with Gasteiger partial charge in [-0.05, 0) is 6.42 Å². The van der Waals surface area contributed by atoms with Gasteiger partial charge >= 0.3 is 5.78 Å². The van der Waals surface area contributed by atoms with E-state index in [1.807, 2.05) is 12.1 Å². The van der Waals surface area contributed by atoms with Gasteiger partial charge in [0.05, 0.1) is 0 Å². The first kappa shape index (κ1) is 6.71. The first-order valence-electron chi connectivity index (χ1n) is 3.20. The molecule has 1 aliphatic rings. The van der Waals surface area contributed by atoms with Gasteiger partial charge in [-0.3, -0.25) is 10.2 Å². The number of likely N-dealkylation sites (N-methyl/N-ethyl adjacent to an activating group) is 1. The van der Waals surface area contributed by atoms with Crippen LogP contribution < -0.4 is 5.43 Å². The highest BCUT2D eigenvalue weighted by Crippen LogP contribution is 2.05. The normalized spacial score (nSPS) is 28.9. The molecule has 0 aliphatic carbocycles. The number of carbonyl (C=O) groups excluding carboxylic acids is 1. The molecule has 52 valence electrons. The summed E-state index contributed by atoms with van der Waals surface area (Å²) in [7, 11) is 1.94. The highest BCUT2D eigenvalue weighted by atomic mass is 16.1. The Morgan fingerprint density at radius 3 is 2.67 bits per heavy atom. The van der Waals surface area contributed by atoms with Crippen LogP contribution >= 0.6 is 0 Å². The second kappa shape index (κ2) is 2.45. The Kier molecular flexibility index (Phi) is 1.83. The minimum absolute atomic E-state index is 0.227. The Hall–Kier alpha value is -0.410. The summed E-state index contributed by atoms with van der Waals surface area (Å²) in [6.45, 7) is 2.72. The van der Waals surface area contributed by atoms with Crippen molar-refractivity contribution in [2.45, 2.75) is 19.4 Å². The van der Waals surface area contributed by atoms with E-state index in [2.05, 4.69) is 5.43 Å². The van der Waals surface area contributed by atoms with Gasteiger partial charge in [0.1, 0.15) is 6.04 Å². The number of rotatable bonds is 1. The van der Waals surface area contributed by atoms with Gasteiger partial charge in [0.2, 0.25) is 0 Å². The zero-order chi connectivity index (χ0) is 6.85. The second-order valence-corrected chi connectivity index (χ2v) is 2.46. The van der Waals surface area contributed by atoms with Gasteiger partial charge in [0, 0.05) is 20.5 Å². The maximum Gasteiger partial charge on any atom is 0.308 e. The van der Waals surface area contributed by atoms with E-state index in [-0.39, 0.29) is 6.04 Å². The molecule has 3 nitrogen and oxygen atoms in total. The number of nitrogens with one attached hydrogen (secondary N) is 1. The monoisotopic (exact) mass is 129 g/mol. The van der Waals surface area contributed by atoms with Crippen molar-refractivity contribution in [3.05, 3.63) is 0 Å². The summed E-state index contributed by atoms with van der Waals surface area (Å²) in [5.41, 5.74) is 3.10. The Balaban J connectivity index is 2.49. The van der Waals surface area contributed by atoms with Crippen LogP contribution in [-0.2, 0) is 0 Å². The summed E-state index contributed by atoms with van der Waals surface area (Å²) in [4.78, 5) is 9.06. The van der Waals surface area contributed by atoms with E-state index in [0.29, 0.717) is 5.78 Å². The molecule has 0 aromatic carbocycles. The van der Waals surface area contributed by atoms with Crippen molar-refractivity contribution < 1.29 is 4.79 Å². The van der Waals surface area contributed by atoms with Crippen molar-refractivity contribution >= 4 is 5.78 Å². The van der Waals surface area contributed by atoms with Crippen LogP contribution in [0.1, 0.15) is 13.3 Å². The van der Waals surface area contributed by atoms with Crippen molar-refractivity contribution in [3.8, 4) is 0 Å². The number of ketones is 1. The minimum atomic E-state index is 0.227. The number of hydrazine groups is 1. The maximum atomic E-state index is 9.06. The van der Waals surface area contributed by atoms with E-state index >= 15 is 0 Å². The molecule has 1 heterocycles. The molecule has 0 aromatic heterocycles. The summed E-state index contributed by atoms with van der Waals surface area (Å²) in [5, 5.41) is 1.94. The maximum absolute atomic E-state index is 9.06. The van der Waals surface area contributed by atoms with Gasteiger partial charge in [-0.1, -0.05) is 0 Å². The highest BCUT2D eigenvalue weighted by molar-refractivity contribution is 5.82. The first-order valence-corrected chi connectivity index (χ1v) is 3.20. The zero-order valence-electron chi connectivity index (χ0n) is 5.89. The Morgan fingerprint density at radius 2 is 2.44 bits per heavy atom. The van der Waals surface area contributed by atoms with Crippen molar-refractivity contribution in [1.82, 2.24) is 10.4 Å². The summed E-state index contributed by atoms with van der Waals surface area (Å²) in [6, 6.07) is 0.227. The molecule has 1 rings (SSSR count). The molecular formula is C6H13N2O+. The van der Waals surface area contributed by atoms with Crippen LogP contribution in [-0.4, -0.2) is 35.2 Å². The topological polar surface area (TPSA) is 36.7 Å². The molecule has 0 saturated carbocycles. The summed E-state index contributed by atoms with van der Waals surface area (Å²) in [5.74, 6) is 0.502. The van der Waals surface area contributed by atoms with Gasteiger partial charge < -0.3 is 0 Å². The van der Waals surface area contributed by atoms with Crippen molar-refractivity contribution in [2.75, 3.05) is 13.6 Å². The Bertz CT molecular complexity index is 124. The van der Waals surface area contributed by atoms with Crippen LogP contribution in [0.3, 0.4) is 0 Å². The summed E-state index contributed by atoms with van der Waals surface area (Å²) in [6.07, 6.45) is 1.01. The fourth-order valence-corrected chi connectivity index (χ4v) is 1.17. The molecule has 0 amide bonds. The lowest BCUT2D eigenvalue weighted by molar-refractivity contribution is 0.275. The number of nitrogens with zero attached hydrogens (tertiary/aromatic N) is 1. The number of hydrogen-bond acceptors (Lipinski definition) is 2. The molecule has 1 fully saturated rings. The van der Waals surface area contributed by atoms with Crippen molar-refractivity contribution in [3.63, 3.8) is 0 Å². The van der Waals surface area contributed by atoms with Gasteiger partial charge in [-0.15, -0.1) is 0 Å². The summed E-state index contributed by atoms with van der Waals surface area (Å²) < 4.78 is 0. The smallest absolute Gasteiger partial charge is 0.282 e. The Labute approximate surface area is 55.0 Å². The molecule has 3 heteroatoms. The largest absolute Gasteiger partial charge is 0.308 e. The minimum Gasteiger partial charge on any atom is -0.282 e. The molecular weight excluding hydrogens is 116 g/mol. The fraction of sp³-hybridized carbons (Fsp3) is 0.833. The predicted molar refractivity (Wildman–Crippen MR) is 36.8 cm³/mol. The quantitative estimate of drug-likeness (QED) is 0.496. The van der Waals surface area contributed by atoms with Crippen LogP contribution in [0, 0.1) is 0 Å². The van der Waals surface area contributed by atoms with Crippen LogP contribution in [0.25, 0.3) is 0 Å². The van der Waals surface area contributed by atoms with Crippen LogP contribution in [0.4, 0.5) is 0 Å². The van der Waals surface area contributed by atoms with E-state index in [0.717, 1.165) is 13.0 Å². The third-order valence-electron chi connectivity index (χ3n) is 1.73. The van der Waals surface area contributed by atoms with Crippen LogP contribution in [0.5, 0.6) is 0 Å². The average molecular weight is 129 g/mol. The molecule has 1 saturated heterocycles. The Morgan fingerprint density at radius 1 is 1.78 bits per heavy atom. The molecule has 0 aromatic rings. The highest BCUT2D eigenvalue weighted by Gasteiger charge is 2.28. The van der Waals surface area contributed by atoms with Crippen LogP contribution in [0.15, 0.2) is 0 Å². The second-order valence-electron chi connectivity index (χ2n) is 2.46. The van der Waals surface area contributed by atoms with E-state index in [1.165, 1.54) is 0 Å². The van der Waals surface area contributed by atoms with E-state index in [1.54, 1.807) is 6.92 Å². The lowest BCUT2D eigenvalue weighted by atomic mass is 10.1. The standard InChI is InChI=1S/C6H12N2O/c1-5(9)6-3-4-7-8(6)2/h6-7H,3-4H2,1-2H3/p+1. The molecule has 9 heavy (non-hydrogen) atoms. The van der Waals surface area contributed by atoms with Crippen LogP contribution in [0.2, 0.25) is 0 Å². The van der Waals surface area contributed by atoms with Gasteiger partial charge in [0.15, 0.2) is 0 Å². The lowest BCUT2D eigenvalue weighted by Crippen LogP contribution is -2.37. The van der Waals surface area contributed by atoms with Gasteiger partial charge in [0.25, 0.3) is 0 Å². The zero-order valence-corrected chi connectivity index (χ0v) is 5.89. The van der Waals surface area contributed by atoms with E-state index < -0.39 is 0 Å². The van der Waals surface area contributed by atoms with Gasteiger partial charge in [-0.25, -0.2) is 5.01 Å². The van der Waals surface area contributed by atoms with E-state index in [4.69, 9.17) is 4.79 Å². The van der Waals surface area contributed by atoms with E-state index in [9.17, 15) is 0 Å². The number of hydrogen-bond donors (Lipinski definition) is 1. The molecule has 2 N–H and O–H groups in total. The van der Waals surface area contributed by atoms with Crippen molar-refractivity contribution in [1.29, 1.82) is 0 Å². The third-order valence-corrected chi connectivity index (χ3v) is 1.73. The van der Waals surface area contributed by atoms with Crippen molar-refractivity contribution in [2.24, 2.45) is 0 Å². The average Bonchev–Trinajstić information content (AvgIpc) is 2.13. The first-order chi connectivity index (χ1) is 4.22.